The fourth-order valence-electron chi connectivity index (χ4n) is 3.77. The van der Waals surface area contributed by atoms with Gasteiger partial charge in [-0.1, -0.05) is 11.2 Å². The predicted molar refractivity (Wildman–Crippen MR) is 114 cm³/mol. The molecular weight excluding hydrogens is 421 g/mol. The smallest absolute Gasteiger partial charge is 0.227 e. The summed E-state index contributed by atoms with van der Waals surface area (Å²) in [6.07, 6.45) is 1.56. The van der Waals surface area contributed by atoms with Gasteiger partial charge in [0.25, 0.3) is 0 Å². The zero-order chi connectivity index (χ0) is 20.5. The van der Waals surface area contributed by atoms with Gasteiger partial charge in [0, 0.05) is 34.7 Å². The van der Waals surface area contributed by atoms with Crippen molar-refractivity contribution in [1.82, 2.24) is 15.0 Å². The lowest BCUT2D eigenvalue weighted by Gasteiger charge is -2.35. The summed E-state index contributed by atoms with van der Waals surface area (Å²) in [5, 5.41) is 8.11. The zero-order valence-corrected chi connectivity index (χ0v) is 17.6. The topological polar surface area (TPSA) is 59.2 Å². The zero-order valence-electron chi connectivity index (χ0n) is 16.0. The quantitative estimate of drug-likeness (QED) is 0.434. The maximum Gasteiger partial charge on any atom is 0.227 e. The van der Waals surface area contributed by atoms with E-state index in [0.29, 0.717) is 36.7 Å². The number of aromatic nitrogens is 2. The van der Waals surface area contributed by atoms with E-state index in [1.807, 2.05) is 16.3 Å². The number of nitrogens with zero attached hydrogens (tertiary/aromatic N) is 3. The molecule has 1 aromatic carbocycles. The molecule has 0 aliphatic carbocycles. The summed E-state index contributed by atoms with van der Waals surface area (Å²) in [6.45, 7) is 0.708. The minimum Gasteiger partial charge on any atom is -0.339 e. The molecule has 4 heterocycles. The van der Waals surface area contributed by atoms with Crippen LogP contribution < -0.4 is 0 Å². The highest BCUT2D eigenvalue weighted by Crippen LogP contribution is 2.39. The summed E-state index contributed by atoms with van der Waals surface area (Å²) in [7, 11) is 0. The molecule has 1 aliphatic heterocycles. The van der Waals surface area contributed by atoms with E-state index in [1.165, 1.54) is 27.5 Å². The fraction of sp³-hybridized carbons (Fsp3) is 0.227. The molecule has 8 heteroatoms. The van der Waals surface area contributed by atoms with Gasteiger partial charge in [-0.05, 0) is 59.1 Å². The molecule has 5 rings (SSSR count). The molecule has 5 nitrogen and oxygen atoms in total. The molecule has 0 fully saturated rings. The number of amides is 1. The Morgan fingerprint density at radius 3 is 2.83 bits per heavy atom. The van der Waals surface area contributed by atoms with E-state index in [0.717, 1.165) is 6.42 Å². The molecule has 4 aromatic rings. The van der Waals surface area contributed by atoms with Crippen molar-refractivity contribution in [3.05, 3.63) is 80.3 Å². The molecule has 3 aromatic heterocycles. The third-order valence-corrected chi connectivity index (χ3v) is 7.14. The molecule has 1 atom stereocenters. The third-order valence-electron chi connectivity index (χ3n) is 5.22. The number of rotatable bonds is 5. The molecule has 0 saturated heterocycles. The van der Waals surface area contributed by atoms with Crippen LogP contribution in [-0.4, -0.2) is 27.5 Å². The first-order chi connectivity index (χ1) is 14.7. The SMILES string of the molecule is O=C(CCc1nc(-c2ccc(F)cc2)no1)N1CCc2sccc2C1c1cccs1. The Morgan fingerprint density at radius 1 is 1.17 bits per heavy atom. The van der Waals surface area contributed by atoms with Crippen LogP contribution in [0.2, 0.25) is 0 Å². The number of halogens is 1. The molecular formula is C22H18FN3O2S2. The van der Waals surface area contributed by atoms with Crippen LogP contribution in [-0.2, 0) is 17.6 Å². The predicted octanol–water partition coefficient (Wildman–Crippen LogP) is 5.11. The molecule has 0 N–H and O–H groups in total. The molecule has 0 radical (unpaired) electrons. The summed E-state index contributed by atoms with van der Waals surface area (Å²) in [5.41, 5.74) is 1.91. The van der Waals surface area contributed by atoms with E-state index in [1.54, 1.807) is 34.8 Å². The average molecular weight is 440 g/mol. The Kier molecular flexibility index (Phi) is 5.18. The summed E-state index contributed by atoms with van der Waals surface area (Å²) in [5.74, 6) is 0.564. The second kappa shape index (κ2) is 8.12. The normalized spacial score (nSPS) is 15.9. The van der Waals surface area contributed by atoms with Gasteiger partial charge >= 0.3 is 0 Å². The van der Waals surface area contributed by atoms with Crippen LogP contribution in [0.4, 0.5) is 4.39 Å². The molecule has 30 heavy (non-hydrogen) atoms. The van der Waals surface area contributed by atoms with Gasteiger partial charge in [-0.25, -0.2) is 4.39 Å². The number of thiophene rings is 2. The standard InChI is InChI=1S/C22H18FN3O2S2/c23-15-5-3-14(4-6-15)22-24-19(28-25-22)7-8-20(27)26-11-9-17-16(10-13-30-17)21(26)18-2-1-12-29-18/h1-6,10,12-13,21H,7-9,11H2. The first kappa shape index (κ1) is 19.1. The molecule has 0 spiro atoms. The van der Waals surface area contributed by atoms with E-state index in [4.69, 9.17) is 4.52 Å². The lowest BCUT2D eigenvalue weighted by molar-refractivity contribution is -0.133. The number of aryl methyl sites for hydroxylation is 1. The van der Waals surface area contributed by atoms with Gasteiger partial charge in [0.2, 0.25) is 17.6 Å². The van der Waals surface area contributed by atoms with E-state index >= 15 is 0 Å². The van der Waals surface area contributed by atoms with Crippen molar-refractivity contribution >= 4 is 28.6 Å². The van der Waals surface area contributed by atoms with Gasteiger partial charge in [-0.2, -0.15) is 4.98 Å². The Labute approximate surface area is 180 Å². The highest BCUT2D eigenvalue weighted by molar-refractivity contribution is 7.10. The maximum absolute atomic E-state index is 13.1. The first-order valence-corrected chi connectivity index (χ1v) is 11.4. The number of benzene rings is 1. The summed E-state index contributed by atoms with van der Waals surface area (Å²) in [4.78, 5) is 22.0. The van der Waals surface area contributed by atoms with Crippen LogP contribution in [0, 0.1) is 5.82 Å². The monoisotopic (exact) mass is 439 g/mol. The Bertz CT molecular complexity index is 1150. The number of hydrogen-bond donors (Lipinski definition) is 0. The first-order valence-electron chi connectivity index (χ1n) is 9.67. The van der Waals surface area contributed by atoms with Crippen LogP contribution in [0.5, 0.6) is 0 Å². The van der Waals surface area contributed by atoms with Crippen LogP contribution >= 0.6 is 22.7 Å². The van der Waals surface area contributed by atoms with Crippen LogP contribution in [0.1, 0.15) is 33.7 Å². The molecule has 1 unspecified atom stereocenters. The molecule has 152 valence electrons. The van der Waals surface area contributed by atoms with Gasteiger partial charge in [0.15, 0.2) is 0 Å². The lowest BCUT2D eigenvalue weighted by atomic mass is 9.98. The van der Waals surface area contributed by atoms with E-state index in [9.17, 15) is 9.18 Å². The van der Waals surface area contributed by atoms with Gasteiger partial charge in [-0.15, -0.1) is 22.7 Å². The van der Waals surface area contributed by atoms with E-state index in [-0.39, 0.29) is 17.8 Å². The van der Waals surface area contributed by atoms with Crippen molar-refractivity contribution in [3.63, 3.8) is 0 Å². The Hall–Kier alpha value is -2.84. The third kappa shape index (κ3) is 3.68. The van der Waals surface area contributed by atoms with Gasteiger partial charge < -0.3 is 9.42 Å². The Morgan fingerprint density at radius 2 is 2.03 bits per heavy atom. The molecule has 1 aliphatic rings. The molecule has 1 amide bonds. The van der Waals surface area contributed by atoms with Crippen molar-refractivity contribution in [3.8, 4) is 11.4 Å². The van der Waals surface area contributed by atoms with Crippen molar-refractivity contribution in [2.75, 3.05) is 6.54 Å². The summed E-state index contributed by atoms with van der Waals surface area (Å²) >= 11 is 3.44. The lowest BCUT2D eigenvalue weighted by Crippen LogP contribution is -2.39. The minimum atomic E-state index is -0.316. The van der Waals surface area contributed by atoms with Crippen LogP contribution in [0.15, 0.2) is 57.7 Å². The number of carbonyl (C=O) groups excluding carboxylic acids is 1. The van der Waals surface area contributed by atoms with E-state index < -0.39 is 0 Å². The molecule has 0 saturated carbocycles. The van der Waals surface area contributed by atoms with Gasteiger partial charge in [0.1, 0.15) is 5.82 Å². The van der Waals surface area contributed by atoms with Gasteiger partial charge in [0.05, 0.1) is 6.04 Å². The molecule has 0 bridgehead atoms. The second-order valence-corrected chi connectivity index (χ2v) is 9.05. The van der Waals surface area contributed by atoms with Crippen molar-refractivity contribution in [2.45, 2.75) is 25.3 Å². The highest BCUT2D eigenvalue weighted by Gasteiger charge is 2.33. The summed E-state index contributed by atoms with van der Waals surface area (Å²) < 4.78 is 18.4. The van der Waals surface area contributed by atoms with Crippen LogP contribution in [0.25, 0.3) is 11.4 Å². The van der Waals surface area contributed by atoms with Gasteiger partial charge in [-0.3, -0.25) is 4.79 Å². The largest absolute Gasteiger partial charge is 0.339 e. The highest BCUT2D eigenvalue weighted by atomic mass is 32.1. The summed E-state index contributed by atoms with van der Waals surface area (Å²) in [6, 6.07) is 12.2. The van der Waals surface area contributed by atoms with Crippen molar-refractivity contribution in [2.24, 2.45) is 0 Å². The van der Waals surface area contributed by atoms with Crippen molar-refractivity contribution in [1.29, 1.82) is 0 Å². The number of carbonyl (C=O) groups is 1. The minimum absolute atomic E-state index is 0.0232. The number of fused-ring (bicyclic) bond motifs is 1. The average Bonchev–Trinajstić information content (AvgIpc) is 3.53. The maximum atomic E-state index is 13.1. The van der Waals surface area contributed by atoms with Crippen LogP contribution in [0.3, 0.4) is 0 Å². The van der Waals surface area contributed by atoms with Crippen molar-refractivity contribution < 1.29 is 13.7 Å². The van der Waals surface area contributed by atoms with E-state index in [2.05, 4.69) is 27.7 Å². The Balaban J connectivity index is 1.30. The second-order valence-electron chi connectivity index (χ2n) is 7.07. The fourth-order valence-corrected chi connectivity index (χ4v) is 5.53. The number of hydrogen-bond acceptors (Lipinski definition) is 6.